The molecule has 0 fully saturated rings. The first-order valence-electron chi connectivity index (χ1n) is 5.37. The molecular weight excluding hydrogens is 220 g/mol. The summed E-state index contributed by atoms with van der Waals surface area (Å²) in [4.78, 5) is 4.46. The Balaban J connectivity index is 2.67. The van der Waals surface area contributed by atoms with E-state index in [-0.39, 0.29) is 12.1 Å². The summed E-state index contributed by atoms with van der Waals surface area (Å²) in [5, 5.41) is 13.4. The van der Waals surface area contributed by atoms with E-state index in [1.807, 2.05) is 20.9 Å². The van der Waals surface area contributed by atoms with Gasteiger partial charge in [0.1, 0.15) is 0 Å². The van der Waals surface area contributed by atoms with Crippen LogP contribution in [-0.4, -0.2) is 35.0 Å². The van der Waals surface area contributed by atoms with Crippen molar-refractivity contribution >= 4 is 11.8 Å². The molecular formula is C12H20N2OS. The number of aryl methyl sites for hydroxylation is 2. The fraction of sp³-hybridized carbons (Fsp3) is 0.583. The number of hydrogen-bond acceptors (Lipinski definition) is 4. The topological polar surface area (TPSA) is 45.1 Å². The molecule has 1 heterocycles. The zero-order valence-electron chi connectivity index (χ0n) is 10.4. The van der Waals surface area contributed by atoms with Crippen LogP contribution in [0.2, 0.25) is 0 Å². The second kappa shape index (κ2) is 5.66. The van der Waals surface area contributed by atoms with Crippen LogP contribution in [0.15, 0.2) is 17.2 Å². The van der Waals surface area contributed by atoms with Crippen molar-refractivity contribution in [3.63, 3.8) is 0 Å². The Morgan fingerprint density at radius 3 is 2.62 bits per heavy atom. The monoisotopic (exact) mass is 240 g/mol. The SMILES string of the molecule is CNC(C)(CO)CSc1cc(C)cc(C)n1. The van der Waals surface area contributed by atoms with Crippen molar-refractivity contribution in [3.8, 4) is 0 Å². The molecule has 0 aliphatic carbocycles. The maximum atomic E-state index is 9.28. The van der Waals surface area contributed by atoms with Crippen LogP contribution in [0, 0.1) is 13.8 Å². The maximum Gasteiger partial charge on any atom is 0.0966 e. The smallest absolute Gasteiger partial charge is 0.0966 e. The Morgan fingerprint density at radius 1 is 1.44 bits per heavy atom. The minimum Gasteiger partial charge on any atom is -0.394 e. The summed E-state index contributed by atoms with van der Waals surface area (Å²) in [5.74, 6) is 0.801. The number of pyridine rings is 1. The van der Waals surface area contributed by atoms with Crippen LogP contribution in [0.4, 0.5) is 0 Å². The zero-order chi connectivity index (χ0) is 12.2. The molecule has 0 aromatic carbocycles. The standard InChI is InChI=1S/C12H20N2OS/c1-9-5-10(2)14-11(6-9)16-8-12(3,7-15)13-4/h5-6,13,15H,7-8H2,1-4H3. The first-order valence-corrected chi connectivity index (χ1v) is 6.35. The van der Waals surface area contributed by atoms with Crippen LogP contribution in [0.3, 0.4) is 0 Å². The Morgan fingerprint density at radius 2 is 2.12 bits per heavy atom. The minimum atomic E-state index is -0.246. The van der Waals surface area contributed by atoms with Gasteiger partial charge in [-0.2, -0.15) is 0 Å². The van der Waals surface area contributed by atoms with Crippen molar-refractivity contribution in [3.05, 3.63) is 23.4 Å². The van der Waals surface area contributed by atoms with Crippen LogP contribution < -0.4 is 5.32 Å². The molecule has 3 nitrogen and oxygen atoms in total. The van der Waals surface area contributed by atoms with Crippen molar-refractivity contribution in [1.29, 1.82) is 0 Å². The van der Waals surface area contributed by atoms with Gasteiger partial charge in [0.25, 0.3) is 0 Å². The predicted molar refractivity (Wildman–Crippen MR) is 69.0 cm³/mol. The third-order valence-corrected chi connectivity index (χ3v) is 3.85. The molecule has 1 atom stereocenters. The zero-order valence-corrected chi connectivity index (χ0v) is 11.2. The molecule has 1 rings (SSSR count). The number of rotatable bonds is 5. The lowest BCUT2D eigenvalue weighted by Crippen LogP contribution is -2.45. The first kappa shape index (κ1) is 13.5. The van der Waals surface area contributed by atoms with Gasteiger partial charge in [0.2, 0.25) is 0 Å². The average Bonchev–Trinajstić information content (AvgIpc) is 2.25. The lowest BCUT2D eigenvalue weighted by atomic mass is 10.1. The molecule has 0 spiro atoms. The van der Waals surface area contributed by atoms with Gasteiger partial charge in [-0.1, -0.05) is 0 Å². The lowest BCUT2D eigenvalue weighted by Gasteiger charge is -2.26. The molecule has 0 radical (unpaired) electrons. The third kappa shape index (κ3) is 3.77. The predicted octanol–water partition coefficient (Wildman–Crippen LogP) is 1.76. The highest BCUT2D eigenvalue weighted by molar-refractivity contribution is 7.99. The van der Waals surface area contributed by atoms with Gasteiger partial charge in [0.15, 0.2) is 0 Å². The number of aromatic nitrogens is 1. The van der Waals surface area contributed by atoms with Crippen molar-refractivity contribution in [2.75, 3.05) is 19.4 Å². The number of likely N-dealkylation sites (N-methyl/N-ethyl adjacent to an activating group) is 1. The van der Waals surface area contributed by atoms with Crippen LogP contribution >= 0.6 is 11.8 Å². The van der Waals surface area contributed by atoms with E-state index in [4.69, 9.17) is 0 Å². The molecule has 0 saturated heterocycles. The van der Waals surface area contributed by atoms with Gasteiger partial charge in [0.05, 0.1) is 11.6 Å². The summed E-state index contributed by atoms with van der Waals surface area (Å²) in [6.07, 6.45) is 0. The highest BCUT2D eigenvalue weighted by atomic mass is 32.2. The van der Waals surface area contributed by atoms with E-state index < -0.39 is 0 Å². The normalized spacial score (nSPS) is 14.8. The van der Waals surface area contributed by atoms with E-state index in [2.05, 4.69) is 29.4 Å². The Labute approximate surface area is 102 Å². The fourth-order valence-corrected chi connectivity index (χ4v) is 2.49. The Kier molecular flexibility index (Phi) is 4.77. The van der Waals surface area contributed by atoms with Gasteiger partial charge in [-0.3, -0.25) is 0 Å². The molecule has 2 N–H and O–H groups in total. The minimum absolute atomic E-state index is 0.126. The number of nitrogens with one attached hydrogen (secondary N) is 1. The molecule has 1 unspecified atom stereocenters. The number of hydrogen-bond donors (Lipinski definition) is 2. The second-order valence-corrected chi connectivity index (χ2v) is 5.38. The number of aliphatic hydroxyl groups excluding tert-OH is 1. The van der Waals surface area contributed by atoms with Crippen molar-refractivity contribution in [2.45, 2.75) is 31.3 Å². The van der Waals surface area contributed by atoms with Crippen LogP contribution in [0.25, 0.3) is 0 Å². The molecule has 0 bridgehead atoms. The molecule has 0 amide bonds. The molecule has 1 aromatic rings. The van der Waals surface area contributed by atoms with E-state index in [9.17, 15) is 5.11 Å². The van der Waals surface area contributed by atoms with Gasteiger partial charge < -0.3 is 10.4 Å². The molecule has 16 heavy (non-hydrogen) atoms. The van der Waals surface area contributed by atoms with E-state index in [1.54, 1.807) is 11.8 Å². The van der Waals surface area contributed by atoms with Gasteiger partial charge in [0, 0.05) is 17.0 Å². The van der Waals surface area contributed by atoms with E-state index >= 15 is 0 Å². The highest BCUT2D eigenvalue weighted by Gasteiger charge is 2.21. The van der Waals surface area contributed by atoms with Gasteiger partial charge >= 0.3 is 0 Å². The molecule has 4 heteroatoms. The van der Waals surface area contributed by atoms with Crippen molar-refractivity contribution in [2.24, 2.45) is 0 Å². The maximum absolute atomic E-state index is 9.28. The molecule has 0 aliphatic rings. The number of nitrogens with zero attached hydrogens (tertiary/aromatic N) is 1. The second-order valence-electron chi connectivity index (χ2n) is 4.38. The average molecular weight is 240 g/mol. The van der Waals surface area contributed by atoms with Crippen LogP contribution in [0.5, 0.6) is 0 Å². The summed E-state index contributed by atoms with van der Waals surface area (Å²) in [6, 6.07) is 4.14. The van der Waals surface area contributed by atoms with Crippen LogP contribution in [0.1, 0.15) is 18.2 Å². The number of aliphatic hydroxyl groups is 1. The Bertz CT molecular complexity index is 331. The van der Waals surface area contributed by atoms with E-state index in [0.717, 1.165) is 16.5 Å². The lowest BCUT2D eigenvalue weighted by molar-refractivity contribution is 0.200. The van der Waals surface area contributed by atoms with E-state index in [1.165, 1.54) is 5.56 Å². The van der Waals surface area contributed by atoms with Crippen molar-refractivity contribution in [1.82, 2.24) is 10.3 Å². The summed E-state index contributed by atoms with van der Waals surface area (Å²) in [6.45, 7) is 6.20. The molecule has 90 valence electrons. The number of thioether (sulfide) groups is 1. The van der Waals surface area contributed by atoms with Gasteiger partial charge in [-0.15, -0.1) is 11.8 Å². The summed E-state index contributed by atoms with van der Waals surface area (Å²) >= 11 is 1.67. The van der Waals surface area contributed by atoms with Crippen molar-refractivity contribution < 1.29 is 5.11 Å². The van der Waals surface area contributed by atoms with Crippen LogP contribution in [-0.2, 0) is 0 Å². The molecule has 0 saturated carbocycles. The van der Waals surface area contributed by atoms with Gasteiger partial charge in [-0.05, 0) is 45.5 Å². The molecule has 1 aromatic heterocycles. The van der Waals surface area contributed by atoms with Gasteiger partial charge in [-0.25, -0.2) is 4.98 Å². The van der Waals surface area contributed by atoms with E-state index in [0.29, 0.717) is 0 Å². The summed E-state index contributed by atoms with van der Waals surface area (Å²) in [7, 11) is 1.87. The highest BCUT2D eigenvalue weighted by Crippen LogP contribution is 2.21. The third-order valence-electron chi connectivity index (χ3n) is 2.57. The summed E-state index contributed by atoms with van der Waals surface area (Å²) < 4.78 is 0. The first-order chi connectivity index (χ1) is 7.49. The quantitative estimate of drug-likeness (QED) is 0.770. The molecule has 0 aliphatic heterocycles. The largest absolute Gasteiger partial charge is 0.394 e. The fourth-order valence-electron chi connectivity index (χ4n) is 1.31. The summed E-state index contributed by atoms with van der Waals surface area (Å²) in [5.41, 5.74) is 2.02. The Hall–Kier alpha value is -0.580.